The molecule has 1 atom stereocenters. The van der Waals surface area contributed by atoms with Crippen LogP contribution in [0.5, 0.6) is 0 Å². The number of nitrogens with zero attached hydrogens (tertiary/aromatic N) is 3. The van der Waals surface area contributed by atoms with Crippen LogP contribution in [0.15, 0.2) is 0 Å². The van der Waals surface area contributed by atoms with Crippen molar-refractivity contribution in [1.29, 1.82) is 0 Å². The van der Waals surface area contributed by atoms with Crippen LogP contribution < -0.4 is 0 Å². The summed E-state index contributed by atoms with van der Waals surface area (Å²) in [7, 11) is 0. The molecular weight excluding hydrogens is 224 g/mol. The zero-order chi connectivity index (χ0) is 11.5. The van der Waals surface area contributed by atoms with E-state index in [0.717, 1.165) is 6.54 Å². The fourth-order valence-electron chi connectivity index (χ4n) is 2.22. The number of rotatable bonds is 4. The molecule has 1 aliphatic heterocycles. The topological polar surface area (TPSA) is 57.1 Å². The molecule has 5 nitrogen and oxygen atoms in total. The molecule has 90 valence electrons. The molecule has 1 fully saturated rings. The maximum Gasteiger partial charge on any atom is 0.195 e. The first-order chi connectivity index (χ1) is 7.72. The molecule has 0 spiro atoms. The number of aromatic amines is 1. The molecule has 6 heteroatoms. The van der Waals surface area contributed by atoms with Crippen LogP contribution in [-0.2, 0) is 13.2 Å². The third-order valence-electron chi connectivity index (χ3n) is 3.19. The number of aromatic nitrogens is 3. The highest BCUT2D eigenvalue weighted by Gasteiger charge is 2.19. The summed E-state index contributed by atoms with van der Waals surface area (Å²) in [5, 5.41) is 15.9. The van der Waals surface area contributed by atoms with E-state index in [9.17, 15) is 0 Å². The zero-order valence-corrected chi connectivity index (χ0v) is 10.3. The van der Waals surface area contributed by atoms with Crippen molar-refractivity contribution in [1.82, 2.24) is 19.7 Å². The maximum absolute atomic E-state index is 9.15. The molecule has 0 radical (unpaired) electrons. The second-order valence-corrected chi connectivity index (χ2v) is 4.69. The van der Waals surface area contributed by atoms with Crippen molar-refractivity contribution in [3.8, 4) is 0 Å². The van der Waals surface area contributed by atoms with E-state index in [0.29, 0.717) is 16.6 Å². The molecule has 0 aliphatic carbocycles. The van der Waals surface area contributed by atoms with E-state index in [1.807, 2.05) is 4.57 Å². The van der Waals surface area contributed by atoms with Crippen LogP contribution in [0.25, 0.3) is 0 Å². The molecule has 1 aromatic rings. The minimum absolute atomic E-state index is 0.0696. The summed E-state index contributed by atoms with van der Waals surface area (Å²) in [4.78, 5) is 2.45. The number of nitrogens with one attached hydrogen (secondary N) is 1. The Labute approximate surface area is 100 Å². The van der Waals surface area contributed by atoms with E-state index in [2.05, 4.69) is 22.0 Å². The molecule has 0 bridgehead atoms. The minimum atomic E-state index is -0.0696. The van der Waals surface area contributed by atoms with Gasteiger partial charge in [-0.3, -0.25) is 10.00 Å². The Morgan fingerprint density at radius 1 is 1.50 bits per heavy atom. The van der Waals surface area contributed by atoms with Gasteiger partial charge in [-0.2, -0.15) is 5.10 Å². The lowest BCUT2D eigenvalue weighted by Gasteiger charge is -2.24. The van der Waals surface area contributed by atoms with E-state index in [1.54, 1.807) is 0 Å². The standard InChI is InChI=1S/C10H18N4OS/c1-8(13-4-2-3-5-13)6-14-9(7-15)11-12-10(14)16/h8,15H,2-7H2,1H3,(H,12,16). The second-order valence-electron chi connectivity index (χ2n) is 4.31. The van der Waals surface area contributed by atoms with Gasteiger partial charge in [0, 0.05) is 12.6 Å². The van der Waals surface area contributed by atoms with Crippen molar-refractivity contribution in [2.45, 2.75) is 39.0 Å². The first-order valence-corrected chi connectivity index (χ1v) is 6.12. The summed E-state index contributed by atoms with van der Waals surface area (Å²) in [5.41, 5.74) is 0. The molecular formula is C10H18N4OS. The quantitative estimate of drug-likeness (QED) is 0.771. The normalized spacial score (nSPS) is 19.1. The van der Waals surface area contributed by atoms with Crippen molar-refractivity contribution < 1.29 is 5.11 Å². The highest BCUT2D eigenvalue weighted by Crippen LogP contribution is 2.13. The molecule has 1 aliphatic rings. The van der Waals surface area contributed by atoms with Crippen LogP contribution >= 0.6 is 12.2 Å². The number of hydrogen-bond acceptors (Lipinski definition) is 4. The van der Waals surface area contributed by atoms with E-state index >= 15 is 0 Å². The number of likely N-dealkylation sites (tertiary alicyclic amines) is 1. The third kappa shape index (κ3) is 2.34. The number of hydrogen-bond donors (Lipinski definition) is 2. The molecule has 1 saturated heterocycles. The Balaban J connectivity index is 2.07. The monoisotopic (exact) mass is 242 g/mol. The fourth-order valence-corrected chi connectivity index (χ4v) is 2.45. The van der Waals surface area contributed by atoms with Gasteiger partial charge in [0.1, 0.15) is 6.61 Å². The van der Waals surface area contributed by atoms with Crippen molar-refractivity contribution >= 4 is 12.2 Å². The Kier molecular flexibility index (Phi) is 3.73. The zero-order valence-electron chi connectivity index (χ0n) is 9.52. The molecule has 1 unspecified atom stereocenters. The third-order valence-corrected chi connectivity index (χ3v) is 3.50. The van der Waals surface area contributed by atoms with Crippen LogP contribution in [0.1, 0.15) is 25.6 Å². The van der Waals surface area contributed by atoms with Gasteiger partial charge in [-0.05, 0) is 45.1 Å². The van der Waals surface area contributed by atoms with E-state index < -0.39 is 0 Å². The van der Waals surface area contributed by atoms with Crippen LogP contribution in [0.4, 0.5) is 0 Å². The summed E-state index contributed by atoms with van der Waals surface area (Å²) in [6.07, 6.45) is 2.57. The molecule has 0 saturated carbocycles. The SMILES string of the molecule is CC(Cn1c(CO)n[nH]c1=S)N1CCCC1. The van der Waals surface area contributed by atoms with E-state index in [-0.39, 0.29) is 6.61 Å². The Hall–Kier alpha value is -0.720. The number of aliphatic hydroxyl groups is 1. The first-order valence-electron chi connectivity index (χ1n) is 5.71. The minimum Gasteiger partial charge on any atom is -0.388 e. The van der Waals surface area contributed by atoms with Gasteiger partial charge in [0.05, 0.1) is 0 Å². The van der Waals surface area contributed by atoms with Gasteiger partial charge in [0.2, 0.25) is 0 Å². The van der Waals surface area contributed by atoms with Gasteiger partial charge in [-0.15, -0.1) is 0 Å². The molecule has 2 heterocycles. The van der Waals surface area contributed by atoms with Gasteiger partial charge in [-0.1, -0.05) is 0 Å². The Morgan fingerprint density at radius 2 is 2.19 bits per heavy atom. The maximum atomic E-state index is 9.15. The Morgan fingerprint density at radius 3 is 2.81 bits per heavy atom. The molecule has 0 amide bonds. The molecule has 0 aromatic carbocycles. The lowest BCUT2D eigenvalue weighted by Crippen LogP contribution is -2.34. The van der Waals surface area contributed by atoms with Crippen LogP contribution in [0, 0.1) is 4.77 Å². The van der Waals surface area contributed by atoms with Gasteiger partial charge in [0.25, 0.3) is 0 Å². The van der Waals surface area contributed by atoms with Crippen molar-refractivity contribution in [2.75, 3.05) is 13.1 Å². The van der Waals surface area contributed by atoms with Gasteiger partial charge < -0.3 is 9.67 Å². The van der Waals surface area contributed by atoms with Crippen LogP contribution in [0.3, 0.4) is 0 Å². The van der Waals surface area contributed by atoms with E-state index in [4.69, 9.17) is 17.3 Å². The average Bonchev–Trinajstić information content (AvgIpc) is 2.89. The van der Waals surface area contributed by atoms with Crippen molar-refractivity contribution in [3.63, 3.8) is 0 Å². The summed E-state index contributed by atoms with van der Waals surface area (Å²) in [6.45, 7) is 5.26. The predicted octanol–water partition coefficient (Wildman–Crippen LogP) is 0.917. The summed E-state index contributed by atoms with van der Waals surface area (Å²) < 4.78 is 2.48. The van der Waals surface area contributed by atoms with Crippen LogP contribution in [0.2, 0.25) is 0 Å². The first kappa shape index (κ1) is 11.8. The average molecular weight is 242 g/mol. The largest absolute Gasteiger partial charge is 0.388 e. The predicted molar refractivity (Wildman–Crippen MR) is 63.6 cm³/mol. The van der Waals surface area contributed by atoms with Crippen LogP contribution in [-0.4, -0.2) is 43.9 Å². The second kappa shape index (κ2) is 5.07. The smallest absolute Gasteiger partial charge is 0.195 e. The molecule has 2 rings (SSSR count). The van der Waals surface area contributed by atoms with Gasteiger partial charge >= 0.3 is 0 Å². The molecule has 16 heavy (non-hydrogen) atoms. The number of aliphatic hydroxyl groups excluding tert-OH is 1. The van der Waals surface area contributed by atoms with Crippen molar-refractivity contribution in [3.05, 3.63) is 10.6 Å². The lowest BCUT2D eigenvalue weighted by molar-refractivity contribution is 0.222. The summed E-state index contributed by atoms with van der Waals surface area (Å²) >= 11 is 5.15. The van der Waals surface area contributed by atoms with Gasteiger partial charge in [0.15, 0.2) is 10.6 Å². The van der Waals surface area contributed by atoms with E-state index in [1.165, 1.54) is 25.9 Å². The fraction of sp³-hybridized carbons (Fsp3) is 0.800. The highest BCUT2D eigenvalue weighted by molar-refractivity contribution is 7.71. The van der Waals surface area contributed by atoms with Gasteiger partial charge in [-0.25, -0.2) is 0 Å². The molecule has 2 N–H and O–H groups in total. The molecule has 1 aromatic heterocycles. The summed E-state index contributed by atoms with van der Waals surface area (Å²) in [6, 6.07) is 0.442. The number of H-pyrrole nitrogens is 1. The summed E-state index contributed by atoms with van der Waals surface area (Å²) in [5.74, 6) is 0.621. The Bertz CT molecular complexity index is 394. The van der Waals surface area contributed by atoms with Crippen molar-refractivity contribution in [2.24, 2.45) is 0 Å². The lowest BCUT2D eigenvalue weighted by atomic mass is 10.3. The highest BCUT2D eigenvalue weighted by atomic mass is 32.1.